The number of fused-ring (bicyclic) bond motifs is 2. The minimum absolute atomic E-state index is 0.00113. The van der Waals surface area contributed by atoms with Crippen molar-refractivity contribution in [1.82, 2.24) is 29.5 Å². The van der Waals surface area contributed by atoms with Crippen LogP contribution in [0.2, 0.25) is 0 Å². The average molecular weight is 453 g/mol. The van der Waals surface area contributed by atoms with E-state index < -0.39 is 11.4 Å². The molecule has 2 aliphatic rings. The predicted octanol–water partition coefficient (Wildman–Crippen LogP) is 3.92. The van der Waals surface area contributed by atoms with Gasteiger partial charge in [-0.2, -0.15) is 0 Å². The first kappa shape index (κ1) is 19.3. The van der Waals surface area contributed by atoms with Gasteiger partial charge >= 0.3 is 0 Å². The van der Waals surface area contributed by atoms with Crippen molar-refractivity contribution in [2.24, 2.45) is 5.41 Å². The molecule has 34 heavy (non-hydrogen) atoms. The summed E-state index contributed by atoms with van der Waals surface area (Å²) in [4.78, 5) is 37.2. The molecule has 8 nitrogen and oxygen atoms in total. The number of H-pyrrole nitrogens is 1. The first-order valence-electron chi connectivity index (χ1n) is 11.3. The van der Waals surface area contributed by atoms with Crippen LogP contribution in [0.5, 0.6) is 0 Å². The molecule has 0 amide bonds. The van der Waals surface area contributed by atoms with E-state index in [4.69, 9.17) is 4.98 Å². The van der Waals surface area contributed by atoms with Crippen LogP contribution in [0.25, 0.3) is 27.8 Å². The number of hydrogen-bond donors (Lipinski definition) is 1. The van der Waals surface area contributed by atoms with Gasteiger partial charge in [0.25, 0.3) is 5.56 Å². The van der Waals surface area contributed by atoms with Crippen LogP contribution in [0.4, 0.5) is 10.2 Å². The van der Waals surface area contributed by atoms with Crippen molar-refractivity contribution in [2.45, 2.75) is 25.3 Å². The zero-order valence-electron chi connectivity index (χ0n) is 18.1. The van der Waals surface area contributed by atoms with E-state index in [9.17, 15) is 9.18 Å². The van der Waals surface area contributed by atoms with Crippen LogP contribution < -0.4 is 10.5 Å². The summed E-state index contributed by atoms with van der Waals surface area (Å²) in [5.41, 5.74) is 2.12. The Bertz CT molecular complexity index is 1620. The van der Waals surface area contributed by atoms with Crippen LogP contribution in [0, 0.1) is 11.2 Å². The number of benzene rings is 2. The maximum atomic E-state index is 14.8. The summed E-state index contributed by atoms with van der Waals surface area (Å²) >= 11 is 0. The van der Waals surface area contributed by atoms with Crippen molar-refractivity contribution in [1.29, 1.82) is 0 Å². The van der Waals surface area contributed by atoms with Crippen molar-refractivity contribution in [2.75, 3.05) is 11.4 Å². The van der Waals surface area contributed by atoms with E-state index in [0.717, 1.165) is 37.1 Å². The quantitative estimate of drug-likeness (QED) is 0.445. The SMILES string of the molecule is O=c1c2c(F)cccc2nc([C@@H]2CC3(CC3)CN2c2ncnc3nc[nH]c23)n1-c1ccccc1. The van der Waals surface area contributed by atoms with Gasteiger partial charge in [-0.05, 0) is 48.9 Å². The molecule has 0 unspecified atom stereocenters. The molecule has 1 saturated carbocycles. The molecule has 1 atom stereocenters. The third-order valence-electron chi connectivity index (χ3n) is 7.13. The van der Waals surface area contributed by atoms with E-state index >= 15 is 0 Å². The monoisotopic (exact) mass is 453 g/mol. The van der Waals surface area contributed by atoms with Crippen molar-refractivity contribution in [3.05, 3.63) is 83.2 Å². The standard InChI is InChI=1S/C25H20FN7O/c26-16-7-4-8-17-19(16)24(34)33(15-5-2-1-3-6-15)22(31-17)18-11-25(9-10-25)12-32(18)23-20-21(28-13-27-20)29-14-30-23/h1-8,13-14,18H,9-12H2,(H,27,28,29,30)/t18-/m0/s1. The Hall–Kier alpha value is -4.14. The van der Waals surface area contributed by atoms with Crippen molar-refractivity contribution in [3.63, 3.8) is 0 Å². The highest BCUT2D eigenvalue weighted by molar-refractivity contribution is 5.83. The van der Waals surface area contributed by atoms with Gasteiger partial charge in [0.15, 0.2) is 11.5 Å². The maximum Gasteiger partial charge on any atom is 0.269 e. The van der Waals surface area contributed by atoms with Crippen LogP contribution in [0.3, 0.4) is 0 Å². The Labute approximate surface area is 193 Å². The number of aromatic amines is 1. The highest BCUT2D eigenvalue weighted by Gasteiger charge is 2.54. The predicted molar refractivity (Wildman–Crippen MR) is 125 cm³/mol. The molecule has 2 fully saturated rings. The largest absolute Gasteiger partial charge is 0.344 e. The number of nitrogens with one attached hydrogen (secondary N) is 1. The number of anilines is 1. The van der Waals surface area contributed by atoms with E-state index in [0.29, 0.717) is 22.7 Å². The molecule has 9 heteroatoms. The number of imidazole rings is 1. The fourth-order valence-electron chi connectivity index (χ4n) is 5.28. The van der Waals surface area contributed by atoms with Crippen molar-refractivity contribution < 1.29 is 4.39 Å². The molecule has 4 heterocycles. The fourth-order valence-corrected chi connectivity index (χ4v) is 5.28. The number of nitrogens with zero attached hydrogens (tertiary/aromatic N) is 6. The molecular weight excluding hydrogens is 433 g/mol. The number of halogens is 1. The first-order valence-corrected chi connectivity index (χ1v) is 11.3. The van der Waals surface area contributed by atoms with E-state index in [1.165, 1.54) is 12.4 Å². The molecule has 0 radical (unpaired) electrons. The summed E-state index contributed by atoms with van der Waals surface area (Å²) in [7, 11) is 0. The first-order chi connectivity index (χ1) is 16.6. The van der Waals surface area contributed by atoms with E-state index in [-0.39, 0.29) is 16.8 Å². The third kappa shape index (κ3) is 2.79. The second-order valence-corrected chi connectivity index (χ2v) is 9.23. The minimum atomic E-state index is -0.567. The number of aromatic nitrogens is 6. The smallest absolute Gasteiger partial charge is 0.269 e. The lowest BCUT2D eigenvalue weighted by molar-refractivity contribution is 0.535. The van der Waals surface area contributed by atoms with Crippen LogP contribution in [0.1, 0.15) is 31.1 Å². The molecule has 0 bridgehead atoms. The van der Waals surface area contributed by atoms with Gasteiger partial charge in [0.1, 0.15) is 28.9 Å². The minimum Gasteiger partial charge on any atom is -0.344 e. The Morgan fingerprint density at radius 3 is 2.71 bits per heavy atom. The Kier molecular flexibility index (Phi) is 3.94. The third-order valence-corrected chi connectivity index (χ3v) is 7.13. The molecule has 1 aliphatic carbocycles. The fraction of sp³-hybridized carbons (Fsp3) is 0.240. The summed E-state index contributed by atoms with van der Waals surface area (Å²) in [6.07, 6.45) is 6.20. The molecule has 1 aliphatic heterocycles. The Balaban J connectivity index is 1.51. The highest BCUT2D eigenvalue weighted by atomic mass is 19.1. The zero-order valence-corrected chi connectivity index (χ0v) is 18.1. The lowest BCUT2D eigenvalue weighted by Crippen LogP contribution is -2.32. The summed E-state index contributed by atoms with van der Waals surface area (Å²) in [6.45, 7) is 0.800. The molecule has 168 valence electrons. The molecule has 1 N–H and O–H groups in total. The van der Waals surface area contributed by atoms with Gasteiger partial charge in [0, 0.05) is 6.54 Å². The van der Waals surface area contributed by atoms with Gasteiger partial charge in [0.05, 0.1) is 23.6 Å². The maximum absolute atomic E-state index is 14.8. The summed E-state index contributed by atoms with van der Waals surface area (Å²) in [5.74, 6) is 0.761. The van der Waals surface area contributed by atoms with Crippen LogP contribution in [-0.2, 0) is 0 Å². The van der Waals surface area contributed by atoms with E-state index in [1.54, 1.807) is 23.0 Å². The van der Waals surface area contributed by atoms with Crippen LogP contribution >= 0.6 is 0 Å². The topological polar surface area (TPSA) is 92.6 Å². The van der Waals surface area contributed by atoms with Crippen molar-refractivity contribution >= 4 is 27.9 Å². The molecule has 1 spiro atoms. The summed E-state index contributed by atoms with van der Waals surface area (Å²) < 4.78 is 16.3. The molecular formula is C25H20FN7O. The lowest BCUT2D eigenvalue weighted by Gasteiger charge is -2.27. The Morgan fingerprint density at radius 2 is 1.88 bits per heavy atom. The molecule has 5 aromatic rings. The molecule has 3 aromatic heterocycles. The summed E-state index contributed by atoms with van der Waals surface area (Å²) in [5, 5.41) is -0.00113. The van der Waals surface area contributed by atoms with Crippen LogP contribution in [-0.4, -0.2) is 36.0 Å². The van der Waals surface area contributed by atoms with Gasteiger partial charge in [-0.15, -0.1) is 0 Å². The number of hydrogen-bond acceptors (Lipinski definition) is 6. The van der Waals surface area contributed by atoms with E-state index in [1.807, 2.05) is 30.3 Å². The second-order valence-electron chi connectivity index (χ2n) is 9.23. The molecule has 7 rings (SSSR count). The summed E-state index contributed by atoms with van der Waals surface area (Å²) in [6, 6.07) is 13.7. The second kappa shape index (κ2) is 6.93. The average Bonchev–Trinajstić information content (AvgIpc) is 3.25. The molecule has 1 saturated heterocycles. The van der Waals surface area contributed by atoms with E-state index in [2.05, 4.69) is 24.8 Å². The van der Waals surface area contributed by atoms with Crippen molar-refractivity contribution in [3.8, 4) is 5.69 Å². The normalized spacial score (nSPS) is 18.9. The zero-order chi connectivity index (χ0) is 22.9. The van der Waals surface area contributed by atoms with Gasteiger partial charge in [-0.25, -0.2) is 24.3 Å². The Morgan fingerprint density at radius 1 is 1.03 bits per heavy atom. The van der Waals surface area contributed by atoms with Gasteiger partial charge in [0.2, 0.25) is 0 Å². The van der Waals surface area contributed by atoms with Gasteiger partial charge in [-0.1, -0.05) is 24.3 Å². The highest BCUT2D eigenvalue weighted by Crippen LogP contribution is 2.59. The number of para-hydroxylation sites is 1. The number of rotatable bonds is 3. The van der Waals surface area contributed by atoms with Gasteiger partial charge < -0.3 is 9.88 Å². The lowest BCUT2D eigenvalue weighted by atomic mass is 10.0. The van der Waals surface area contributed by atoms with Gasteiger partial charge in [-0.3, -0.25) is 9.36 Å². The van der Waals surface area contributed by atoms with Crippen LogP contribution in [0.15, 0.2) is 66.0 Å². The molecule has 2 aromatic carbocycles.